The van der Waals surface area contributed by atoms with Crippen molar-refractivity contribution in [1.29, 1.82) is 0 Å². The molecule has 2 rings (SSSR count). The summed E-state index contributed by atoms with van der Waals surface area (Å²) >= 11 is 5.33. The first-order valence-electron chi connectivity index (χ1n) is 7.33. The van der Waals surface area contributed by atoms with E-state index < -0.39 is 5.24 Å². The molecule has 0 fully saturated rings. The number of halogens is 1. The summed E-state index contributed by atoms with van der Waals surface area (Å²) in [5.74, 6) is -0.194. The van der Waals surface area contributed by atoms with Gasteiger partial charge < -0.3 is 5.32 Å². The van der Waals surface area contributed by atoms with Crippen LogP contribution >= 0.6 is 11.6 Å². The lowest BCUT2D eigenvalue weighted by atomic mass is 10.2. The molecule has 0 aliphatic rings. The number of carbonyl (C=O) groups is 2. The van der Waals surface area contributed by atoms with E-state index in [0.29, 0.717) is 16.8 Å². The SMILES string of the molecule is CC.CC.O=C(Cl)c1ccc(NC(=O)c2ccccc2)cc1. The lowest BCUT2D eigenvalue weighted by Gasteiger charge is -2.05. The lowest BCUT2D eigenvalue weighted by molar-refractivity contribution is 0.102. The molecule has 118 valence electrons. The van der Waals surface area contributed by atoms with Gasteiger partial charge in [-0.25, -0.2) is 0 Å². The first kappa shape index (κ1) is 19.9. The summed E-state index contributed by atoms with van der Waals surface area (Å²) in [6, 6.07) is 15.3. The Balaban J connectivity index is 0.00000102. The molecule has 1 N–H and O–H groups in total. The van der Waals surface area contributed by atoms with Crippen LogP contribution < -0.4 is 5.32 Å². The molecule has 0 aromatic heterocycles. The third kappa shape index (κ3) is 6.55. The summed E-state index contributed by atoms with van der Waals surface area (Å²) in [7, 11) is 0. The van der Waals surface area contributed by atoms with Crippen LogP contribution in [-0.2, 0) is 0 Å². The summed E-state index contributed by atoms with van der Waals surface area (Å²) in [4.78, 5) is 22.7. The molecule has 1 amide bonds. The van der Waals surface area contributed by atoms with Crippen LogP contribution in [0.3, 0.4) is 0 Å². The minimum Gasteiger partial charge on any atom is -0.322 e. The van der Waals surface area contributed by atoms with Crippen LogP contribution in [-0.4, -0.2) is 11.1 Å². The van der Waals surface area contributed by atoms with Gasteiger partial charge in [-0.2, -0.15) is 0 Å². The first-order chi connectivity index (χ1) is 10.7. The van der Waals surface area contributed by atoms with Gasteiger partial charge in [0.1, 0.15) is 0 Å². The molecule has 2 aromatic rings. The van der Waals surface area contributed by atoms with Crippen molar-refractivity contribution in [3.05, 3.63) is 65.7 Å². The predicted octanol–water partition coefficient (Wildman–Crippen LogP) is 5.37. The minimum absolute atomic E-state index is 0.194. The van der Waals surface area contributed by atoms with Gasteiger partial charge in [0.05, 0.1) is 0 Å². The van der Waals surface area contributed by atoms with Crippen LogP contribution in [0.15, 0.2) is 54.6 Å². The lowest BCUT2D eigenvalue weighted by Crippen LogP contribution is -2.11. The second-order valence-electron chi connectivity index (χ2n) is 3.67. The molecular weight excluding hydrogens is 298 g/mol. The van der Waals surface area contributed by atoms with Gasteiger partial charge in [-0.05, 0) is 48.0 Å². The van der Waals surface area contributed by atoms with Crippen molar-refractivity contribution in [2.75, 3.05) is 5.32 Å². The summed E-state index contributed by atoms with van der Waals surface area (Å²) in [6.45, 7) is 8.00. The van der Waals surface area contributed by atoms with Crippen LogP contribution in [0.5, 0.6) is 0 Å². The largest absolute Gasteiger partial charge is 0.322 e. The number of benzene rings is 2. The van der Waals surface area contributed by atoms with Crippen LogP contribution in [0.4, 0.5) is 5.69 Å². The molecule has 3 nitrogen and oxygen atoms in total. The standard InChI is InChI=1S/C14H10ClNO2.2C2H6/c15-13(17)10-6-8-12(9-7-10)16-14(18)11-4-2-1-3-5-11;2*1-2/h1-9H,(H,16,18);2*1-2H3. The zero-order valence-electron chi connectivity index (χ0n) is 13.4. The smallest absolute Gasteiger partial charge is 0.255 e. The molecule has 0 unspecified atom stereocenters. The zero-order valence-corrected chi connectivity index (χ0v) is 14.1. The third-order valence-electron chi connectivity index (χ3n) is 2.41. The van der Waals surface area contributed by atoms with Crippen LogP contribution in [0, 0.1) is 0 Å². The number of hydrogen-bond donors (Lipinski definition) is 1. The molecule has 0 spiro atoms. The highest BCUT2D eigenvalue weighted by Crippen LogP contribution is 2.12. The second kappa shape index (κ2) is 11.5. The average Bonchev–Trinajstić information content (AvgIpc) is 2.59. The molecule has 2 aromatic carbocycles. The van der Waals surface area contributed by atoms with Gasteiger partial charge in [0.25, 0.3) is 11.1 Å². The van der Waals surface area contributed by atoms with Gasteiger partial charge in [0, 0.05) is 16.8 Å². The predicted molar refractivity (Wildman–Crippen MR) is 93.7 cm³/mol. The quantitative estimate of drug-likeness (QED) is 0.773. The van der Waals surface area contributed by atoms with Crippen molar-refractivity contribution in [2.45, 2.75) is 27.7 Å². The van der Waals surface area contributed by atoms with Gasteiger partial charge in [-0.3, -0.25) is 9.59 Å². The Bertz CT molecular complexity index is 565. The van der Waals surface area contributed by atoms with Gasteiger partial charge in [0.15, 0.2) is 0 Å². The second-order valence-corrected chi connectivity index (χ2v) is 4.01. The summed E-state index contributed by atoms with van der Waals surface area (Å²) in [5.41, 5.74) is 1.59. The molecule has 22 heavy (non-hydrogen) atoms. The number of amides is 1. The average molecular weight is 320 g/mol. The van der Waals surface area contributed by atoms with Gasteiger partial charge in [-0.1, -0.05) is 45.9 Å². The van der Waals surface area contributed by atoms with E-state index in [2.05, 4.69) is 5.32 Å². The fourth-order valence-electron chi connectivity index (χ4n) is 1.48. The van der Waals surface area contributed by atoms with E-state index in [4.69, 9.17) is 11.6 Å². The van der Waals surface area contributed by atoms with Crippen LogP contribution in [0.25, 0.3) is 0 Å². The number of rotatable bonds is 3. The maximum absolute atomic E-state index is 11.8. The Labute approximate surface area is 137 Å². The number of anilines is 1. The fraction of sp³-hybridized carbons (Fsp3) is 0.222. The van der Waals surface area contributed by atoms with E-state index in [1.807, 2.05) is 33.8 Å². The van der Waals surface area contributed by atoms with E-state index >= 15 is 0 Å². The number of hydrogen-bond acceptors (Lipinski definition) is 2. The van der Waals surface area contributed by atoms with Crippen LogP contribution in [0.1, 0.15) is 48.4 Å². The number of nitrogens with one attached hydrogen (secondary N) is 1. The number of carbonyl (C=O) groups excluding carboxylic acids is 2. The van der Waals surface area contributed by atoms with Gasteiger partial charge >= 0.3 is 0 Å². The van der Waals surface area contributed by atoms with Crippen molar-refractivity contribution >= 4 is 28.4 Å². The Morgan fingerprint density at radius 2 is 1.27 bits per heavy atom. The van der Waals surface area contributed by atoms with Crippen molar-refractivity contribution in [3.8, 4) is 0 Å². The Kier molecular flexibility index (Phi) is 10.4. The molecule has 0 saturated carbocycles. The maximum Gasteiger partial charge on any atom is 0.255 e. The molecule has 0 saturated heterocycles. The minimum atomic E-state index is -0.518. The van der Waals surface area contributed by atoms with Gasteiger partial charge in [-0.15, -0.1) is 0 Å². The Hall–Kier alpha value is -2.13. The van der Waals surface area contributed by atoms with Crippen molar-refractivity contribution in [3.63, 3.8) is 0 Å². The van der Waals surface area contributed by atoms with E-state index in [1.165, 1.54) is 0 Å². The molecule has 0 bridgehead atoms. The van der Waals surface area contributed by atoms with E-state index in [-0.39, 0.29) is 5.91 Å². The summed E-state index contributed by atoms with van der Waals surface area (Å²) in [5, 5.41) is 2.21. The Morgan fingerprint density at radius 3 is 1.73 bits per heavy atom. The highest BCUT2D eigenvalue weighted by Gasteiger charge is 2.06. The molecular formula is C18H22ClNO2. The maximum atomic E-state index is 11.8. The van der Waals surface area contributed by atoms with E-state index in [0.717, 1.165) is 0 Å². The molecule has 0 radical (unpaired) electrons. The highest BCUT2D eigenvalue weighted by atomic mass is 35.5. The van der Waals surface area contributed by atoms with Gasteiger partial charge in [0.2, 0.25) is 0 Å². The fourth-order valence-corrected chi connectivity index (χ4v) is 1.60. The summed E-state index contributed by atoms with van der Waals surface area (Å²) < 4.78 is 0. The molecule has 4 heteroatoms. The normalized spacial score (nSPS) is 8.59. The van der Waals surface area contributed by atoms with Crippen molar-refractivity contribution in [2.24, 2.45) is 0 Å². The molecule has 0 aliphatic carbocycles. The Morgan fingerprint density at radius 1 is 0.773 bits per heavy atom. The van der Waals surface area contributed by atoms with E-state index in [9.17, 15) is 9.59 Å². The first-order valence-corrected chi connectivity index (χ1v) is 7.71. The van der Waals surface area contributed by atoms with Crippen molar-refractivity contribution in [1.82, 2.24) is 0 Å². The van der Waals surface area contributed by atoms with Crippen LogP contribution in [0.2, 0.25) is 0 Å². The topological polar surface area (TPSA) is 46.2 Å². The van der Waals surface area contributed by atoms with Crippen molar-refractivity contribution < 1.29 is 9.59 Å². The molecule has 0 atom stereocenters. The third-order valence-corrected chi connectivity index (χ3v) is 2.62. The summed E-state index contributed by atoms with van der Waals surface area (Å²) in [6.07, 6.45) is 0. The highest BCUT2D eigenvalue weighted by molar-refractivity contribution is 6.67. The van der Waals surface area contributed by atoms with E-state index in [1.54, 1.807) is 48.5 Å². The monoisotopic (exact) mass is 319 g/mol. The zero-order chi connectivity index (χ0) is 17.0. The molecule has 0 heterocycles. The molecule has 0 aliphatic heterocycles.